The molecule has 0 aliphatic heterocycles. The molecule has 1 heterocycles. The van der Waals surface area contributed by atoms with Crippen molar-refractivity contribution in [1.29, 1.82) is 0 Å². The van der Waals surface area contributed by atoms with Gasteiger partial charge in [0.1, 0.15) is 5.82 Å². The van der Waals surface area contributed by atoms with E-state index in [-0.39, 0.29) is 5.82 Å². The summed E-state index contributed by atoms with van der Waals surface area (Å²) in [6.45, 7) is 0. The molecular formula is C11H9BFNO2. The third-order valence-electron chi connectivity index (χ3n) is 2.20. The van der Waals surface area contributed by atoms with Gasteiger partial charge in [-0.05, 0) is 18.2 Å². The van der Waals surface area contributed by atoms with Crippen LogP contribution < -0.4 is 5.46 Å². The van der Waals surface area contributed by atoms with Gasteiger partial charge in [0.2, 0.25) is 0 Å². The number of hydrogen-bond acceptors (Lipinski definition) is 3. The molecule has 80 valence electrons. The second-order valence-corrected chi connectivity index (χ2v) is 3.36. The number of halogens is 1. The van der Waals surface area contributed by atoms with Crippen LogP contribution in [0.5, 0.6) is 0 Å². The predicted molar refractivity (Wildman–Crippen MR) is 59.5 cm³/mol. The van der Waals surface area contributed by atoms with E-state index in [9.17, 15) is 4.39 Å². The third-order valence-corrected chi connectivity index (χ3v) is 2.20. The Morgan fingerprint density at radius 2 is 1.94 bits per heavy atom. The van der Waals surface area contributed by atoms with Crippen LogP contribution in [0.1, 0.15) is 0 Å². The van der Waals surface area contributed by atoms with E-state index >= 15 is 0 Å². The lowest BCUT2D eigenvalue weighted by Gasteiger charge is -2.02. The molecule has 1 aromatic carbocycles. The van der Waals surface area contributed by atoms with Crippen molar-refractivity contribution in [2.24, 2.45) is 0 Å². The Hall–Kier alpha value is -1.72. The summed E-state index contributed by atoms with van der Waals surface area (Å²) in [7, 11) is -1.53. The second kappa shape index (κ2) is 4.43. The van der Waals surface area contributed by atoms with E-state index < -0.39 is 7.12 Å². The SMILES string of the molecule is OB(O)c1ccc(-c2cccc(F)c2)nc1. The van der Waals surface area contributed by atoms with Crippen LogP contribution in [0.4, 0.5) is 4.39 Å². The number of nitrogens with zero attached hydrogens (tertiary/aromatic N) is 1. The quantitative estimate of drug-likeness (QED) is 0.723. The maximum atomic E-state index is 13.0. The molecule has 2 aromatic rings. The zero-order valence-electron chi connectivity index (χ0n) is 8.34. The first-order chi connectivity index (χ1) is 7.66. The van der Waals surface area contributed by atoms with E-state index in [1.807, 2.05) is 0 Å². The number of aromatic nitrogens is 1. The van der Waals surface area contributed by atoms with Crippen molar-refractivity contribution in [3.8, 4) is 11.3 Å². The molecule has 0 atom stereocenters. The Morgan fingerprint density at radius 1 is 1.12 bits per heavy atom. The van der Waals surface area contributed by atoms with E-state index in [2.05, 4.69) is 4.98 Å². The molecule has 0 saturated carbocycles. The largest absolute Gasteiger partial charge is 0.490 e. The number of benzene rings is 1. The predicted octanol–water partition coefficient (Wildman–Crippen LogP) is 0.567. The van der Waals surface area contributed by atoms with Gasteiger partial charge in [0.25, 0.3) is 0 Å². The highest BCUT2D eigenvalue weighted by Crippen LogP contribution is 2.16. The van der Waals surface area contributed by atoms with Gasteiger partial charge in [-0.15, -0.1) is 0 Å². The first-order valence-electron chi connectivity index (χ1n) is 4.75. The number of rotatable bonds is 2. The zero-order chi connectivity index (χ0) is 11.5. The Bertz CT molecular complexity index is 488. The molecular weight excluding hydrogens is 208 g/mol. The van der Waals surface area contributed by atoms with Gasteiger partial charge in [0.15, 0.2) is 0 Å². The van der Waals surface area contributed by atoms with Gasteiger partial charge < -0.3 is 10.0 Å². The maximum absolute atomic E-state index is 13.0. The van der Waals surface area contributed by atoms with Gasteiger partial charge in [-0.2, -0.15) is 0 Å². The smallest absolute Gasteiger partial charge is 0.423 e. The van der Waals surface area contributed by atoms with Gasteiger partial charge in [0, 0.05) is 17.2 Å². The lowest BCUT2D eigenvalue weighted by atomic mass is 9.81. The summed E-state index contributed by atoms with van der Waals surface area (Å²) < 4.78 is 13.0. The molecule has 2 N–H and O–H groups in total. The van der Waals surface area contributed by atoms with Crippen LogP contribution in [-0.4, -0.2) is 22.2 Å². The third kappa shape index (κ3) is 2.26. The first-order valence-corrected chi connectivity index (χ1v) is 4.75. The minimum absolute atomic E-state index is 0.306. The van der Waals surface area contributed by atoms with Crippen LogP contribution in [0.25, 0.3) is 11.3 Å². The fourth-order valence-corrected chi connectivity index (χ4v) is 1.38. The lowest BCUT2D eigenvalue weighted by molar-refractivity contribution is 0.425. The minimum Gasteiger partial charge on any atom is -0.423 e. The molecule has 3 nitrogen and oxygen atoms in total. The van der Waals surface area contributed by atoms with E-state index in [0.717, 1.165) is 0 Å². The summed E-state index contributed by atoms with van der Waals surface area (Å²) in [4.78, 5) is 4.02. The number of hydrogen-bond donors (Lipinski definition) is 2. The highest BCUT2D eigenvalue weighted by Gasteiger charge is 2.11. The molecule has 0 spiro atoms. The average molecular weight is 217 g/mol. The zero-order valence-corrected chi connectivity index (χ0v) is 8.34. The molecule has 0 unspecified atom stereocenters. The van der Waals surface area contributed by atoms with Crippen LogP contribution in [0, 0.1) is 5.82 Å². The minimum atomic E-state index is -1.53. The van der Waals surface area contributed by atoms with Crippen molar-refractivity contribution in [3.63, 3.8) is 0 Å². The molecule has 0 bridgehead atoms. The maximum Gasteiger partial charge on any atom is 0.490 e. The van der Waals surface area contributed by atoms with E-state index in [1.54, 1.807) is 18.2 Å². The molecule has 5 heteroatoms. The van der Waals surface area contributed by atoms with Crippen molar-refractivity contribution in [2.45, 2.75) is 0 Å². The van der Waals surface area contributed by atoms with Crippen LogP contribution in [0.2, 0.25) is 0 Å². The monoisotopic (exact) mass is 217 g/mol. The molecule has 0 amide bonds. The molecule has 0 saturated heterocycles. The summed E-state index contributed by atoms with van der Waals surface area (Å²) in [6.07, 6.45) is 1.35. The van der Waals surface area contributed by atoms with E-state index in [4.69, 9.17) is 10.0 Å². The second-order valence-electron chi connectivity index (χ2n) is 3.36. The molecule has 0 aliphatic carbocycles. The van der Waals surface area contributed by atoms with Crippen LogP contribution in [-0.2, 0) is 0 Å². The van der Waals surface area contributed by atoms with Crippen molar-refractivity contribution in [2.75, 3.05) is 0 Å². The van der Waals surface area contributed by atoms with E-state index in [1.165, 1.54) is 24.4 Å². The Labute approximate surface area is 92.4 Å². The van der Waals surface area contributed by atoms with Gasteiger partial charge >= 0.3 is 7.12 Å². The average Bonchev–Trinajstić information content (AvgIpc) is 2.29. The fourth-order valence-electron chi connectivity index (χ4n) is 1.38. The molecule has 0 fully saturated rings. The normalized spacial score (nSPS) is 10.2. The van der Waals surface area contributed by atoms with Crippen LogP contribution in [0.3, 0.4) is 0 Å². The Morgan fingerprint density at radius 3 is 2.50 bits per heavy atom. The Balaban J connectivity index is 2.35. The van der Waals surface area contributed by atoms with Gasteiger partial charge in [0.05, 0.1) is 5.69 Å². The van der Waals surface area contributed by atoms with Gasteiger partial charge in [-0.1, -0.05) is 18.2 Å². The van der Waals surface area contributed by atoms with Gasteiger partial charge in [-0.25, -0.2) is 4.39 Å². The van der Waals surface area contributed by atoms with Crippen molar-refractivity contribution in [1.82, 2.24) is 4.98 Å². The van der Waals surface area contributed by atoms with Crippen LogP contribution in [0.15, 0.2) is 42.6 Å². The molecule has 0 radical (unpaired) electrons. The lowest BCUT2D eigenvalue weighted by Crippen LogP contribution is -2.29. The molecule has 1 aromatic heterocycles. The first kappa shape index (κ1) is 10.8. The highest BCUT2D eigenvalue weighted by atomic mass is 19.1. The van der Waals surface area contributed by atoms with Crippen molar-refractivity contribution >= 4 is 12.6 Å². The molecule has 0 aliphatic rings. The van der Waals surface area contributed by atoms with Crippen molar-refractivity contribution in [3.05, 3.63) is 48.4 Å². The van der Waals surface area contributed by atoms with Crippen molar-refractivity contribution < 1.29 is 14.4 Å². The van der Waals surface area contributed by atoms with Crippen LogP contribution >= 0.6 is 0 Å². The Kier molecular flexibility index (Phi) is 2.98. The van der Waals surface area contributed by atoms with Gasteiger partial charge in [-0.3, -0.25) is 4.98 Å². The molecule has 16 heavy (non-hydrogen) atoms. The van der Waals surface area contributed by atoms with E-state index in [0.29, 0.717) is 16.7 Å². The fraction of sp³-hybridized carbons (Fsp3) is 0. The summed E-state index contributed by atoms with van der Waals surface area (Å²) in [5, 5.41) is 17.8. The topological polar surface area (TPSA) is 53.4 Å². The molecule has 2 rings (SSSR count). The summed E-state index contributed by atoms with van der Waals surface area (Å²) >= 11 is 0. The number of pyridine rings is 1. The summed E-state index contributed by atoms with van der Waals surface area (Å²) in [5.41, 5.74) is 1.54. The summed E-state index contributed by atoms with van der Waals surface area (Å²) in [5.74, 6) is -0.328. The highest BCUT2D eigenvalue weighted by molar-refractivity contribution is 6.58. The summed E-state index contributed by atoms with van der Waals surface area (Å²) in [6, 6.07) is 9.22. The standard InChI is InChI=1S/C11H9BFNO2/c13-10-3-1-2-8(6-10)11-5-4-9(7-14-11)12(15)16/h1-7,15-16H.